The van der Waals surface area contributed by atoms with Gasteiger partial charge in [0.25, 0.3) is 10.0 Å². The molecule has 1 aromatic heterocycles. The van der Waals surface area contributed by atoms with Gasteiger partial charge in [-0.25, -0.2) is 8.42 Å². The van der Waals surface area contributed by atoms with E-state index in [0.717, 1.165) is 43.4 Å². The van der Waals surface area contributed by atoms with E-state index in [9.17, 15) is 13.2 Å². The summed E-state index contributed by atoms with van der Waals surface area (Å²) in [6.45, 7) is 11.2. The van der Waals surface area contributed by atoms with Gasteiger partial charge in [-0.1, -0.05) is 63.1 Å². The van der Waals surface area contributed by atoms with Crippen molar-refractivity contribution in [1.82, 2.24) is 4.90 Å². The second kappa shape index (κ2) is 13.3. The third kappa shape index (κ3) is 6.48. The van der Waals surface area contributed by atoms with Crippen LogP contribution >= 0.6 is 0 Å². The fraction of sp³-hybridized carbons (Fsp3) is 0.364. The fourth-order valence-corrected chi connectivity index (χ4v) is 6.49. The quantitative estimate of drug-likeness (QED) is 0.152. The average molecular weight is 561 g/mol. The minimum atomic E-state index is -3.79. The summed E-state index contributed by atoms with van der Waals surface area (Å²) in [4.78, 5) is 16.3. The molecule has 0 saturated heterocycles. The summed E-state index contributed by atoms with van der Waals surface area (Å²) in [5.41, 5.74) is 3.35. The molecule has 0 N–H and O–H groups in total. The molecule has 7 heteroatoms. The van der Waals surface area contributed by atoms with Crippen molar-refractivity contribution in [2.45, 2.75) is 58.3 Å². The van der Waals surface area contributed by atoms with Gasteiger partial charge in [-0.05, 0) is 81.9 Å². The standard InChI is InChI=1S/C33H40N2O4S/c1-5-8-13-31-32(29-12-9-10-14-30(29)39-31)33(36)26-17-19-27(20-18-26)35(24-11-23-34(6-2)7-3)40(37,38)28-21-15-25(4)16-22-28/h9-10,12,14-22H,5-8,11,13,23-24H2,1-4H3. The minimum Gasteiger partial charge on any atom is -0.460 e. The zero-order valence-electron chi connectivity index (χ0n) is 24.0. The van der Waals surface area contributed by atoms with Crippen molar-refractivity contribution < 1.29 is 17.6 Å². The van der Waals surface area contributed by atoms with Crippen molar-refractivity contribution in [3.05, 3.63) is 95.2 Å². The van der Waals surface area contributed by atoms with Crippen LogP contribution in [0, 0.1) is 6.92 Å². The maximum Gasteiger partial charge on any atom is 0.264 e. The molecule has 0 spiro atoms. The molecule has 0 aliphatic heterocycles. The number of rotatable bonds is 14. The summed E-state index contributed by atoms with van der Waals surface area (Å²) in [7, 11) is -3.79. The zero-order chi connectivity index (χ0) is 28.7. The lowest BCUT2D eigenvalue weighted by Crippen LogP contribution is -2.34. The molecule has 212 valence electrons. The summed E-state index contributed by atoms with van der Waals surface area (Å²) in [6, 6.07) is 21.5. The van der Waals surface area contributed by atoms with Crippen LogP contribution in [0.15, 0.2) is 82.1 Å². The summed E-state index contributed by atoms with van der Waals surface area (Å²) in [5.74, 6) is 0.592. The second-order valence-corrected chi connectivity index (χ2v) is 12.0. The molecule has 0 unspecified atom stereocenters. The van der Waals surface area contributed by atoms with Crippen LogP contribution in [0.1, 0.15) is 67.3 Å². The van der Waals surface area contributed by atoms with E-state index in [2.05, 4.69) is 25.7 Å². The lowest BCUT2D eigenvalue weighted by Gasteiger charge is -2.26. The van der Waals surface area contributed by atoms with Gasteiger partial charge in [0, 0.05) is 23.9 Å². The molecule has 0 amide bonds. The topological polar surface area (TPSA) is 70.8 Å². The molecule has 40 heavy (non-hydrogen) atoms. The summed E-state index contributed by atoms with van der Waals surface area (Å²) < 4.78 is 35.1. The van der Waals surface area contributed by atoms with E-state index in [4.69, 9.17) is 4.42 Å². The van der Waals surface area contributed by atoms with Crippen LogP contribution in [0.5, 0.6) is 0 Å². The molecule has 0 radical (unpaired) electrons. The van der Waals surface area contributed by atoms with E-state index in [0.29, 0.717) is 47.5 Å². The van der Waals surface area contributed by atoms with Gasteiger partial charge in [-0.3, -0.25) is 9.10 Å². The van der Waals surface area contributed by atoms with Crippen molar-refractivity contribution in [3.63, 3.8) is 0 Å². The molecular weight excluding hydrogens is 520 g/mol. The van der Waals surface area contributed by atoms with E-state index >= 15 is 0 Å². The molecule has 6 nitrogen and oxygen atoms in total. The van der Waals surface area contributed by atoms with E-state index in [-0.39, 0.29) is 10.7 Å². The van der Waals surface area contributed by atoms with Gasteiger partial charge < -0.3 is 9.32 Å². The van der Waals surface area contributed by atoms with Crippen LogP contribution in [0.3, 0.4) is 0 Å². The van der Waals surface area contributed by atoms with Gasteiger partial charge in [0.1, 0.15) is 11.3 Å². The number of furan rings is 1. The van der Waals surface area contributed by atoms with Gasteiger partial charge >= 0.3 is 0 Å². The molecule has 4 aromatic rings. The summed E-state index contributed by atoms with van der Waals surface area (Å²) in [5, 5.41) is 0.808. The number of ketones is 1. The Bertz CT molecular complexity index is 1520. The SMILES string of the molecule is CCCCc1oc2ccccc2c1C(=O)c1ccc(N(CCCN(CC)CC)S(=O)(=O)c2ccc(C)cc2)cc1. The first-order chi connectivity index (χ1) is 19.3. The Morgan fingerprint density at radius 2 is 1.50 bits per heavy atom. The van der Waals surface area contributed by atoms with E-state index in [1.54, 1.807) is 36.4 Å². The molecular formula is C33H40N2O4S. The van der Waals surface area contributed by atoms with Crippen LogP contribution in [0.2, 0.25) is 0 Å². The van der Waals surface area contributed by atoms with Crippen molar-refractivity contribution >= 4 is 32.5 Å². The Morgan fingerprint density at radius 1 is 0.825 bits per heavy atom. The number of benzene rings is 3. The van der Waals surface area contributed by atoms with Crippen molar-refractivity contribution in [3.8, 4) is 0 Å². The van der Waals surface area contributed by atoms with Crippen LogP contribution in [-0.4, -0.2) is 45.3 Å². The molecule has 0 fully saturated rings. The van der Waals surface area contributed by atoms with Gasteiger partial charge in [0.2, 0.25) is 0 Å². The number of anilines is 1. The highest BCUT2D eigenvalue weighted by atomic mass is 32.2. The number of carbonyl (C=O) groups excluding carboxylic acids is 1. The lowest BCUT2D eigenvalue weighted by molar-refractivity contribution is 0.103. The maximum atomic E-state index is 13.8. The molecule has 0 saturated carbocycles. The van der Waals surface area contributed by atoms with Crippen LogP contribution in [0.25, 0.3) is 11.0 Å². The Kier molecular flexibility index (Phi) is 9.82. The Hall–Kier alpha value is -3.42. The number of unbranched alkanes of at least 4 members (excludes halogenated alkanes) is 1. The summed E-state index contributed by atoms with van der Waals surface area (Å²) in [6.07, 6.45) is 3.31. The zero-order valence-corrected chi connectivity index (χ0v) is 24.8. The predicted octanol–water partition coefficient (Wildman–Crippen LogP) is 7.24. The molecule has 1 heterocycles. The highest BCUT2D eigenvalue weighted by Gasteiger charge is 2.26. The van der Waals surface area contributed by atoms with Crippen LogP contribution < -0.4 is 4.31 Å². The largest absolute Gasteiger partial charge is 0.460 e. The number of hydrogen-bond donors (Lipinski definition) is 0. The Morgan fingerprint density at radius 3 is 2.15 bits per heavy atom. The highest BCUT2D eigenvalue weighted by molar-refractivity contribution is 7.92. The average Bonchev–Trinajstić information content (AvgIpc) is 3.34. The molecule has 0 bridgehead atoms. The number of fused-ring (bicyclic) bond motifs is 1. The normalized spacial score (nSPS) is 11.8. The van der Waals surface area contributed by atoms with E-state index in [1.807, 2.05) is 43.3 Å². The van der Waals surface area contributed by atoms with Gasteiger partial charge in [-0.2, -0.15) is 0 Å². The number of aryl methyl sites for hydroxylation is 2. The minimum absolute atomic E-state index is 0.114. The van der Waals surface area contributed by atoms with Crippen LogP contribution in [-0.2, 0) is 16.4 Å². The molecule has 0 atom stereocenters. The van der Waals surface area contributed by atoms with Crippen LogP contribution in [0.4, 0.5) is 5.69 Å². The van der Waals surface area contributed by atoms with Crippen molar-refractivity contribution in [2.75, 3.05) is 30.5 Å². The van der Waals surface area contributed by atoms with Gasteiger partial charge in [0.15, 0.2) is 5.78 Å². The van der Waals surface area contributed by atoms with Crippen molar-refractivity contribution in [2.24, 2.45) is 0 Å². The first-order valence-corrected chi connectivity index (χ1v) is 15.7. The summed E-state index contributed by atoms with van der Waals surface area (Å²) >= 11 is 0. The number of hydrogen-bond acceptors (Lipinski definition) is 5. The maximum absolute atomic E-state index is 13.8. The predicted molar refractivity (Wildman–Crippen MR) is 163 cm³/mol. The Labute approximate surface area is 238 Å². The third-order valence-corrected chi connectivity index (χ3v) is 9.25. The molecule has 0 aliphatic carbocycles. The van der Waals surface area contributed by atoms with Crippen molar-refractivity contribution in [1.29, 1.82) is 0 Å². The number of carbonyl (C=O) groups is 1. The number of nitrogens with zero attached hydrogens (tertiary/aromatic N) is 2. The molecule has 3 aromatic carbocycles. The number of para-hydroxylation sites is 1. The smallest absolute Gasteiger partial charge is 0.264 e. The van der Waals surface area contributed by atoms with Gasteiger partial charge in [-0.15, -0.1) is 0 Å². The first-order valence-electron chi connectivity index (χ1n) is 14.3. The van der Waals surface area contributed by atoms with E-state index in [1.165, 1.54) is 4.31 Å². The second-order valence-electron chi connectivity index (χ2n) is 10.1. The highest BCUT2D eigenvalue weighted by Crippen LogP contribution is 2.31. The third-order valence-electron chi connectivity index (χ3n) is 7.41. The number of sulfonamides is 1. The van der Waals surface area contributed by atoms with E-state index < -0.39 is 10.0 Å². The molecule has 0 aliphatic rings. The fourth-order valence-electron chi connectivity index (χ4n) is 4.99. The Balaban J connectivity index is 1.67. The monoisotopic (exact) mass is 560 g/mol. The van der Waals surface area contributed by atoms with Gasteiger partial charge in [0.05, 0.1) is 16.1 Å². The lowest BCUT2D eigenvalue weighted by atomic mass is 9.98. The molecule has 4 rings (SSSR count). The first kappa shape index (κ1) is 29.6.